The number of halogens is 4. The van der Waals surface area contributed by atoms with Crippen molar-refractivity contribution in [3.05, 3.63) is 29.2 Å². The van der Waals surface area contributed by atoms with Gasteiger partial charge in [-0.05, 0) is 38.7 Å². The molecule has 2 aromatic rings. The van der Waals surface area contributed by atoms with Gasteiger partial charge >= 0.3 is 12.3 Å². The van der Waals surface area contributed by atoms with E-state index in [0.29, 0.717) is 25.0 Å². The zero-order valence-corrected chi connectivity index (χ0v) is 17.5. The van der Waals surface area contributed by atoms with Crippen molar-refractivity contribution in [2.45, 2.75) is 50.4 Å². The van der Waals surface area contributed by atoms with Crippen LogP contribution in [0.1, 0.15) is 43.1 Å². The number of carbonyl (C=O) groups is 2. The summed E-state index contributed by atoms with van der Waals surface area (Å²) in [4.78, 5) is 32.6. The average molecular weight is 460 g/mol. The van der Waals surface area contributed by atoms with Crippen LogP contribution in [-0.2, 0) is 4.74 Å². The lowest BCUT2D eigenvalue weighted by atomic mass is 9.85. The van der Waals surface area contributed by atoms with E-state index in [1.54, 1.807) is 23.4 Å². The molecule has 12 heteroatoms. The van der Waals surface area contributed by atoms with Gasteiger partial charge < -0.3 is 14.5 Å². The molecule has 1 unspecified atom stereocenters. The van der Waals surface area contributed by atoms with Crippen LogP contribution in [-0.4, -0.2) is 73.9 Å². The number of alkyl halides is 3. The van der Waals surface area contributed by atoms with Gasteiger partial charge in [0.25, 0.3) is 5.91 Å². The van der Waals surface area contributed by atoms with Crippen LogP contribution < -0.4 is 0 Å². The minimum atomic E-state index is -4.61. The van der Waals surface area contributed by atoms with Gasteiger partial charge in [0, 0.05) is 37.6 Å². The van der Waals surface area contributed by atoms with Gasteiger partial charge in [-0.3, -0.25) is 4.79 Å². The predicted octanol–water partition coefficient (Wildman–Crippen LogP) is 3.54. The Labute approximate surface area is 180 Å². The number of piperidine rings is 1. The number of likely N-dealkylation sites (tertiary alicyclic amines) is 2. The third-order valence-electron chi connectivity index (χ3n) is 6.07. The maximum atomic E-state index is 13.3. The number of hydrogen-bond donors (Lipinski definition) is 0. The van der Waals surface area contributed by atoms with Crippen LogP contribution in [0.5, 0.6) is 0 Å². The van der Waals surface area contributed by atoms with E-state index in [1.165, 1.54) is 9.42 Å². The van der Waals surface area contributed by atoms with Crippen LogP contribution in [0, 0.1) is 0 Å². The molecule has 168 valence electrons. The molecule has 2 aliphatic rings. The van der Waals surface area contributed by atoms with Crippen LogP contribution in [0.25, 0.3) is 5.65 Å². The first kappa shape index (κ1) is 21.7. The Morgan fingerprint density at radius 1 is 1.23 bits per heavy atom. The molecule has 2 amide bonds. The standard InChI is InChI=1S/C19H21ClF3N5O3/c1-12(19(21,22)23)31-17(30)26-10-5-18(6-11-26)4-2-8-27(18)16(29)14-13(20)15-24-7-3-9-28(15)25-14/h3,7,9,12H,2,4-6,8,10-11H2,1H3. The third-order valence-corrected chi connectivity index (χ3v) is 6.42. The number of ether oxygens (including phenoxy) is 1. The lowest BCUT2D eigenvalue weighted by molar-refractivity contribution is -0.200. The van der Waals surface area contributed by atoms with E-state index in [-0.39, 0.29) is 29.7 Å². The first-order valence-electron chi connectivity index (χ1n) is 9.95. The second kappa shape index (κ2) is 7.85. The summed E-state index contributed by atoms with van der Waals surface area (Å²) in [5.74, 6) is -0.310. The van der Waals surface area contributed by atoms with E-state index < -0.39 is 23.9 Å². The monoisotopic (exact) mass is 459 g/mol. The summed E-state index contributed by atoms with van der Waals surface area (Å²) in [6.45, 7) is 1.72. The molecule has 0 aliphatic carbocycles. The smallest absolute Gasteiger partial charge is 0.425 e. The number of fused-ring (bicyclic) bond motifs is 1. The largest absolute Gasteiger partial charge is 0.437 e. The maximum absolute atomic E-state index is 13.3. The summed E-state index contributed by atoms with van der Waals surface area (Å²) >= 11 is 6.35. The fraction of sp³-hybridized carbons (Fsp3) is 0.579. The fourth-order valence-corrected chi connectivity index (χ4v) is 4.55. The van der Waals surface area contributed by atoms with Crippen molar-refractivity contribution in [1.29, 1.82) is 0 Å². The minimum absolute atomic E-state index is 0.113. The van der Waals surface area contributed by atoms with Gasteiger partial charge in [0.15, 0.2) is 17.4 Å². The molecule has 0 saturated carbocycles. The molecule has 8 nitrogen and oxygen atoms in total. The molecule has 2 fully saturated rings. The van der Waals surface area contributed by atoms with Crippen molar-refractivity contribution >= 4 is 29.2 Å². The second-order valence-electron chi connectivity index (χ2n) is 7.89. The summed E-state index contributed by atoms with van der Waals surface area (Å²) in [5, 5.41) is 4.45. The minimum Gasteiger partial charge on any atom is -0.437 e. The third kappa shape index (κ3) is 3.90. The second-order valence-corrected chi connectivity index (χ2v) is 8.27. The Balaban J connectivity index is 1.47. The number of rotatable bonds is 2. The van der Waals surface area contributed by atoms with Crippen molar-refractivity contribution in [3.8, 4) is 0 Å². The molecule has 4 heterocycles. The van der Waals surface area contributed by atoms with E-state index in [4.69, 9.17) is 11.6 Å². The summed E-state index contributed by atoms with van der Waals surface area (Å²) in [6.07, 6.45) is -2.16. The van der Waals surface area contributed by atoms with E-state index in [9.17, 15) is 22.8 Å². The van der Waals surface area contributed by atoms with E-state index >= 15 is 0 Å². The van der Waals surface area contributed by atoms with Crippen molar-refractivity contribution in [2.75, 3.05) is 19.6 Å². The highest BCUT2D eigenvalue weighted by atomic mass is 35.5. The normalized spacial score (nSPS) is 19.8. The Kier molecular flexibility index (Phi) is 5.48. The molecule has 0 aromatic carbocycles. The molecule has 0 N–H and O–H groups in total. The summed E-state index contributed by atoms with van der Waals surface area (Å²) in [6, 6.07) is 1.68. The van der Waals surface area contributed by atoms with Crippen LogP contribution >= 0.6 is 11.6 Å². The number of aromatic nitrogens is 3. The van der Waals surface area contributed by atoms with Crippen molar-refractivity contribution in [2.24, 2.45) is 0 Å². The Hall–Kier alpha value is -2.56. The Bertz CT molecular complexity index is 1000. The lowest BCUT2D eigenvalue weighted by Crippen LogP contribution is -2.55. The molecular weight excluding hydrogens is 439 g/mol. The SMILES string of the molecule is CC(OC(=O)N1CCC2(CCCN2C(=O)c2nn3cccnc3c2Cl)CC1)C(F)(F)F. The van der Waals surface area contributed by atoms with Gasteiger partial charge in [-0.2, -0.15) is 18.3 Å². The Morgan fingerprint density at radius 2 is 1.94 bits per heavy atom. The summed E-state index contributed by atoms with van der Waals surface area (Å²) < 4.78 is 44.0. The quantitative estimate of drug-likeness (QED) is 0.686. The Morgan fingerprint density at radius 3 is 2.58 bits per heavy atom. The zero-order valence-electron chi connectivity index (χ0n) is 16.7. The van der Waals surface area contributed by atoms with E-state index in [0.717, 1.165) is 19.8 Å². The van der Waals surface area contributed by atoms with Crippen LogP contribution in [0.3, 0.4) is 0 Å². The van der Waals surface area contributed by atoms with E-state index in [1.807, 2.05) is 0 Å². The van der Waals surface area contributed by atoms with Crippen LogP contribution in [0.4, 0.5) is 18.0 Å². The molecule has 2 aromatic heterocycles. The summed E-state index contributed by atoms with van der Waals surface area (Å²) in [7, 11) is 0. The lowest BCUT2D eigenvalue weighted by Gasteiger charge is -2.44. The molecule has 0 radical (unpaired) electrons. The number of nitrogens with zero attached hydrogens (tertiary/aromatic N) is 5. The van der Waals surface area contributed by atoms with Crippen molar-refractivity contribution < 1.29 is 27.5 Å². The number of hydrogen-bond acceptors (Lipinski definition) is 5. The predicted molar refractivity (Wildman–Crippen MR) is 104 cm³/mol. The molecule has 2 saturated heterocycles. The van der Waals surface area contributed by atoms with Gasteiger partial charge in [0.2, 0.25) is 0 Å². The van der Waals surface area contributed by atoms with Gasteiger partial charge in [0.05, 0.1) is 0 Å². The molecule has 31 heavy (non-hydrogen) atoms. The first-order chi connectivity index (χ1) is 14.6. The topological polar surface area (TPSA) is 80.0 Å². The number of carbonyl (C=O) groups excluding carboxylic acids is 2. The van der Waals surface area contributed by atoms with Crippen LogP contribution in [0.15, 0.2) is 18.5 Å². The van der Waals surface area contributed by atoms with Crippen LogP contribution in [0.2, 0.25) is 5.02 Å². The summed E-state index contributed by atoms with van der Waals surface area (Å²) in [5.41, 5.74) is 0.00961. The highest BCUT2D eigenvalue weighted by Gasteiger charge is 2.48. The number of amides is 2. The molecular formula is C19H21ClF3N5O3. The molecule has 2 aliphatic heterocycles. The van der Waals surface area contributed by atoms with Gasteiger partial charge in [-0.1, -0.05) is 11.6 Å². The van der Waals surface area contributed by atoms with Gasteiger partial charge in [-0.25, -0.2) is 14.3 Å². The molecule has 1 spiro atoms. The fourth-order valence-electron chi connectivity index (χ4n) is 4.30. The molecule has 0 bridgehead atoms. The highest BCUT2D eigenvalue weighted by molar-refractivity contribution is 6.36. The molecule has 1 atom stereocenters. The van der Waals surface area contributed by atoms with Gasteiger partial charge in [-0.15, -0.1) is 0 Å². The first-order valence-corrected chi connectivity index (χ1v) is 10.3. The van der Waals surface area contributed by atoms with E-state index in [2.05, 4.69) is 14.8 Å². The maximum Gasteiger partial charge on any atom is 0.425 e. The highest BCUT2D eigenvalue weighted by Crippen LogP contribution is 2.40. The zero-order chi connectivity index (χ0) is 22.4. The van der Waals surface area contributed by atoms with Crippen molar-refractivity contribution in [3.63, 3.8) is 0 Å². The van der Waals surface area contributed by atoms with Gasteiger partial charge in [0.1, 0.15) is 5.02 Å². The molecule has 4 rings (SSSR count). The van der Waals surface area contributed by atoms with Crippen molar-refractivity contribution in [1.82, 2.24) is 24.4 Å². The average Bonchev–Trinajstić information content (AvgIpc) is 3.29.